The van der Waals surface area contributed by atoms with Crippen molar-refractivity contribution >= 4 is 11.6 Å². The molecule has 0 aliphatic heterocycles. The first-order valence-corrected chi connectivity index (χ1v) is 9.47. The number of rotatable bonds is 4. The van der Waals surface area contributed by atoms with Crippen LogP contribution in [0.3, 0.4) is 0 Å². The van der Waals surface area contributed by atoms with Gasteiger partial charge < -0.3 is 5.32 Å². The standard InChI is InChI=1S/C22H18F3N5O/c1-13-7-8-15(11-14(13)2)18-9-10-19-27-28-20(30(19)29-18)12-26-21(31)16-5-3-4-6-17(16)22(23,24)25/h3-11H,12H2,1-2H3,(H,26,31). The van der Waals surface area contributed by atoms with Gasteiger partial charge in [-0.2, -0.15) is 22.8 Å². The van der Waals surface area contributed by atoms with Gasteiger partial charge in [-0.15, -0.1) is 10.2 Å². The highest BCUT2D eigenvalue weighted by Crippen LogP contribution is 2.31. The molecule has 2 aromatic carbocycles. The van der Waals surface area contributed by atoms with Crippen molar-refractivity contribution in [3.8, 4) is 11.3 Å². The number of nitrogens with one attached hydrogen (secondary N) is 1. The summed E-state index contributed by atoms with van der Waals surface area (Å²) in [6, 6.07) is 14.2. The molecule has 1 N–H and O–H groups in total. The van der Waals surface area contributed by atoms with Crippen LogP contribution in [0.5, 0.6) is 0 Å². The van der Waals surface area contributed by atoms with Crippen LogP contribution in [0.4, 0.5) is 13.2 Å². The van der Waals surface area contributed by atoms with E-state index in [-0.39, 0.29) is 6.54 Å². The van der Waals surface area contributed by atoms with Gasteiger partial charge in [0.15, 0.2) is 11.5 Å². The molecule has 0 atom stereocenters. The molecule has 4 rings (SSSR count). The molecular weight excluding hydrogens is 407 g/mol. The number of hydrogen-bond donors (Lipinski definition) is 1. The summed E-state index contributed by atoms with van der Waals surface area (Å²) in [7, 11) is 0. The summed E-state index contributed by atoms with van der Waals surface area (Å²) in [6.07, 6.45) is -4.63. The van der Waals surface area contributed by atoms with Crippen molar-refractivity contribution in [2.24, 2.45) is 0 Å². The van der Waals surface area contributed by atoms with Crippen molar-refractivity contribution in [3.05, 3.63) is 82.7 Å². The Bertz CT molecular complexity index is 1280. The molecule has 0 aliphatic carbocycles. The number of carbonyl (C=O) groups excluding carboxylic acids is 1. The maximum atomic E-state index is 13.2. The Morgan fingerprint density at radius 1 is 1.00 bits per heavy atom. The minimum absolute atomic E-state index is 0.129. The first-order valence-electron chi connectivity index (χ1n) is 9.47. The molecule has 2 heterocycles. The number of hydrogen-bond acceptors (Lipinski definition) is 4. The first kappa shape index (κ1) is 20.5. The van der Waals surface area contributed by atoms with Gasteiger partial charge in [-0.25, -0.2) is 0 Å². The number of aryl methyl sites for hydroxylation is 2. The van der Waals surface area contributed by atoms with Gasteiger partial charge in [0.25, 0.3) is 5.91 Å². The van der Waals surface area contributed by atoms with E-state index in [0.717, 1.165) is 28.8 Å². The van der Waals surface area contributed by atoms with Gasteiger partial charge >= 0.3 is 6.18 Å². The summed E-state index contributed by atoms with van der Waals surface area (Å²) in [5, 5.41) is 15.0. The van der Waals surface area contributed by atoms with Crippen molar-refractivity contribution in [1.82, 2.24) is 25.1 Å². The molecule has 31 heavy (non-hydrogen) atoms. The van der Waals surface area contributed by atoms with Crippen LogP contribution < -0.4 is 5.32 Å². The SMILES string of the molecule is Cc1ccc(-c2ccc3nnc(CNC(=O)c4ccccc4C(F)(F)F)n3n2)cc1C. The summed E-state index contributed by atoms with van der Waals surface area (Å²) in [5.41, 5.74) is 2.91. The molecule has 0 unspecified atom stereocenters. The second-order valence-corrected chi connectivity index (χ2v) is 7.13. The van der Waals surface area contributed by atoms with Crippen LogP contribution in [0.15, 0.2) is 54.6 Å². The topological polar surface area (TPSA) is 72.2 Å². The van der Waals surface area contributed by atoms with Crippen LogP contribution in [0.2, 0.25) is 0 Å². The normalized spacial score (nSPS) is 11.6. The zero-order valence-electron chi connectivity index (χ0n) is 16.7. The molecule has 0 radical (unpaired) electrons. The Morgan fingerprint density at radius 3 is 2.52 bits per heavy atom. The van der Waals surface area contributed by atoms with Crippen molar-refractivity contribution in [3.63, 3.8) is 0 Å². The van der Waals surface area contributed by atoms with E-state index >= 15 is 0 Å². The van der Waals surface area contributed by atoms with E-state index in [0.29, 0.717) is 17.2 Å². The molecule has 0 aliphatic rings. The van der Waals surface area contributed by atoms with E-state index in [4.69, 9.17) is 0 Å². The van der Waals surface area contributed by atoms with Crippen LogP contribution in [-0.2, 0) is 12.7 Å². The smallest absolute Gasteiger partial charge is 0.345 e. The molecule has 0 bridgehead atoms. The number of halogens is 3. The summed E-state index contributed by atoms with van der Waals surface area (Å²) < 4.78 is 41.0. The molecule has 6 nitrogen and oxygen atoms in total. The monoisotopic (exact) mass is 425 g/mol. The molecule has 158 valence electrons. The van der Waals surface area contributed by atoms with E-state index < -0.39 is 23.2 Å². The van der Waals surface area contributed by atoms with Crippen molar-refractivity contribution < 1.29 is 18.0 Å². The third kappa shape index (κ3) is 4.11. The van der Waals surface area contributed by atoms with Gasteiger partial charge in [-0.05, 0) is 55.3 Å². The fourth-order valence-corrected chi connectivity index (χ4v) is 3.18. The van der Waals surface area contributed by atoms with Crippen molar-refractivity contribution in [2.75, 3.05) is 0 Å². The number of fused-ring (bicyclic) bond motifs is 1. The molecule has 0 saturated carbocycles. The van der Waals surface area contributed by atoms with Gasteiger partial charge in [-0.3, -0.25) is 4.79 Å². The molecule has 1 amide bonds. The number of aromatic nitrogens is 4. The molecule has 2 aromatic heterocycles. The summed E-state index contributed by atoms with van der Waals surface area (Å²) in [4.78, 5) is 12.4. The molecule has 0 fully saturated rings. The quantitative estimate of drug-likeness (QED) is 0.528. The van der Waals surface area contributed by atoms with Gasteiger partial charge in [0, 0.05) is 5.56 Å². The summed E-state index contributed by atoms with van der Waals surface area (Å²) >= 11 is 0. The number of alkyl halides is 3. The predicted octanol–water partition coefficient (Wildman–Crippen LogP) is 4.36. The van der Waals surface area contributed by atoms with Crippen molar-refractivity contribution in [2.45, 2.75) is 26.6 Å². The third-order valence-corrected chi connectivity index (χ3v) is 5.01. The van der Waals surface area contributed by atoms with Gasteiger partial charge in [0.1, 0.15) is 0 Å². The molecule has 9 heteroatoms. The van der Waals surface area contributed by atoms with E-state index in [1.807, 2.05) is 38.1 Å². The minimum Gasteiger partial charge on any atom is -0.345 e. The second-order valence-electron chi connectivity index (χ2n) is 7.13. The van der Waals surface area contributed by atoms with Crippen LogP contribution in [0.1, 0.15) is 32.9 Å². The maximum absolute atomic E-state index is 13.2. The maximum Gasteiger partial charge on any atom is 0.417 e. The molecule has 4 aromatic rings. The Morgan fingerprint density at radius 2 is 1.77 bits per heavy atom. The lowest BCUT2D eigenvalue weighted by molar-refractivity contribution is -0.137. The van der Waals surface area contributed by atoms with Crippen molar-refractivity contribution in [1.29, 1.82) is 0 Å². The zero-order chi connectivity index (χ0) is 22.2. The number of nitrogens with zero attached hydrogens (tertiary/aromatic N) is 4. The average molecular weight is 425 g/mol. The lowest BCUT2D eigenvalue weighted by atomic mass is 10.0. The zero-order valence-corrected chi connectivity index (χ0v) is 16.7. The number of benzene rings is 2. The summed E-state index contributed by atoms with van der Waals surface area (Å²) in [6.45, 7) is 3.90. The van der Waals surface area contributed by atoms with Gasteiger partial charge in [-0.1, -0.05) is 24.3 Å². The second kappa shape index (κ2) is 7.82. The predicted molar refractivity (Wildman–Crippen MR) is 108 cm³/mol. The van der Waals surface area contributed by atoms with E-state index in [9.17, 15) is 18.0 Å². The van der Waals surface area contributed by atoms with Gasteiger partial charge in [0.2, 0.25) is 0 Å². The Labute approximate surface area is 175 Å². The lowest BCUT2D eigenvalue weighted by Crippen LogP contribution is -2.27. The molecule has 0 spiro atoms. The Balaban J connectivity index is 1.60. The Kier molecular flexibility index (Phi) is 5.18. The van der Waals surface area contributed by atoms with E-state index in [1.54, 1.807) is 6.07 Å². The number of amides is 1. The minimum atomic E-state index is -4.63. The van der Waals surface area contributed by atoms with Crippen LogP contribution in [0, 0.1) is 13.8 Å². The molecular formula is C22H18F3N5O. The number of carbonyl (C=O) groups is 1. The van der Waals surface area contributed by atoms with Crippen LogP contribution in [-0.4, -0.2) is 25.7 Å². The summed E-state index contributed by atoms with van der Waals surface area (Å²) in [5.74, 6) is -0.548. The lowest BCUT2D eigenvalue weighted by Gasteiger charge is -2.12. The fraction of sp³-hybridized carbons (Fsp3) is 0.182. The first-order chi connectivity index (χ1) is 14.7. The highest BCUT2D eigenvalue weighted by atomic mass is 19.4. The van der Waals surface area contributed by atoms with Gasteiger partial charge in [0.05, 0.1) is 23.4 Å². The van der Waals surface area contributed by atoms with E-state index in [2.05, 4.69) is 20.6 Å². The largest absolute Gasteiger partial charge is 0.417 e. The third-order valence-electron chi connectivity index (χ3n) is 5.01. The average Bonchev–Trinajstić information content (AvgIpc) is 3.15. The van der Waals surface area contributed by atoms with E-state index in [1.165, 1.54) is 16.6 Å². The van der Waals surface area contributed by atoms with Crippen LogP contribution >= 0.6 is 0 Å². The van der Waals surface area contributed by atoms with Crippen LogP contribution in [0.25, 0.3) is 16.9 Å². The fourth-order valence-electron chi connectivity index (χ4n) is 3.18. The highest BCUT2D eigenvalue weighted by Gasteiger charge is 2.34. The Hall–Kier alpha value is -3.75. The molecule has 0 saturated heterocycles. The highest BCUT2D eigenvalue weighted by molar-refractivity contribution is 5.95.